The normalized spacial score (nSPS) is 33.2. The highest BCUT2D eigenvalue weighted by molar-refractivity contribution is 7.13. The van der Waals surface area contributed by atoms with Gasteiger partial charge in [-0.1, -0.05) is 30.3 Å². The van der Waals surface area contributed by atoms with E-state index >= 15 is 0 Å². The first kappa shape index (κ1) is 14.9. The molecule has 0 N–H and O–H groups in total. The average molecular weight is 340 g/mol. The molecule has 4 heterocycles. The minimum Gasteiger partial charge on any atom is -0.347 e. The molecule has 2 aromatic rings. The molecule has 3 aliphatic rings. The first-order chi connectivity index (χ1) is 11.9. The van der Waals surface area contributed by atoms with E-state index in [1.807, 2.05) is 6.20 Å². The number of hydrogen-bond donors (Lipinski definition) is 0. The highest BCUT2D eigenvalue weighted by Gasteiger charge is 2.45. The number of thiazole rings is 1. The molecule has 0 radical (unpaired) electrons. The Kier molecular flexibility index (Phi) is 3.83. The van der Waals surface area contributed by atoms with Crippen molar-refractivity contribution in [1.82, 2.24) is 9.88 Å². The summed E-state index contributed by atoms with van der Waals surface area (Å²) in [4.78, 5) is 10.00. The molecule has 3 aliphatic heterocycles. The average Bonchev–Trinajstić information content (AvgIpc) is 3.17. The minimum absolute atomic E-state index is 0.640. The van der Waals surface area contributed by atoms with Gasteiger partial charge in [0.25, 0.3) is 0 Å². The van der Waals surface area contributed by atoms with Crippen LogP contribution in [0.25, 0.3) is 0 Å². The standard InChI is InChI=1S/C20H25N3S/c1-2-5-16(6-3-1)18-7-4-8-19-17-11-15(13-23(18)19)12-22(14-17)20-21-9-10-24-20/h1-3,5-6,9-10,15,17-19H,4,7-8,11-14H2/t15-,17+,18+,19-/m0/s1. The number of aromatic nitrogens is 1. The van der Waals surface area contributed by atoms with Crippen molar-refractivity contribution < 1.29 is 0 Å². The Balaban J connectivity index is 1.40. The summed E-state index contributed by atoms with van der Waals surface area (Å²) >= 11 is 1.80. The monoisotopic (exact) mass is 339 g/mol. The second kappa shape index (κ2) is 6.16. The van der Waals surface area contributed by atoms with Crippen molar-refractivity contribution >= 4 is 16.5 Å². The van der Waals surface area contributed by atoms with Gasteiger partial charge in [-0.25, -0.2) is 4.98 Å². The fourth-order valence-electron chi connectivity index (χ4n) is 5.37. The third-order valence-electron chi connectivity index (χ3n) is 6.26. The molecular formula is C20H25N3S. The molecule has 1 aromatic heterocycles. The molecule has 0 saturated carbocycles. The van der Waals surface area contributed by atoms with Crippen molar-refractivity contribution in [3.63, 3.8) is 0 Å². The van der Waals surface area contributed by atoms with Crippen LogP contribution in [0.2, 0.25) is 0 Å². The lowest BCUT2D eigenvalue weighted by atomic mass is 9.74. The molecule has 3 fully saturated rings. The van der Waals surface area contributed by atoms with E-state index in [1.54, 1.807) is 11.3 Å². The van der Waals surface area contributed by atoms with Gasteiger partial charge in [-0.3, -0.25) is 4.90 Å². The maximum Gasteiger partial charge on any atom is 0.185 e. The highest BCUT2D eigenvalue weighted by Crippen LogP contribution is 2.45. The number of anilines is 1. The Hall–Kier alpha value is -1.39. The van der Waals surface area contributed by atoms with Crippen LogP contribution in [0.4, 0.5) is 5.13 Å². The van der Waals surface area contributed by atoms with Gasteiger partial charge in [-0.2, -0.15) is 0 Å². The van der Waals surface area contributed by atoms with Crippen LogP contribution in [0.5, 0.6) is 0 Å². The Morgan fingerprint density at radius 3 is 2.79 bits per heavy atom. The summed E-state index contributed by atoms with van der Waals surface area (Å²) in [5.74, 6) is 1.61. The van der Waals surface area contributed by atoms with E-state index in [9.17, 15) is 0 Å². The summed E-state index contributed by atoms with van der Waals surface area (Å²) in [5, 5.41) is 3.34. The van der Waals surface area contributed by atoms with Crippen LogP contribution in [0.1, 0.15) is 37.3 Å². The fourth-order valence-corrected chi connectivity index (χ4v) is 6.03. The zero-order chi connectivity index (χ0) is 15.9. The molecule has 0 spiro atoms. The van der Waals surface area contributed by atoms with E-state index in [4.69, 9.17) is 0 Å². The van der Waals surface area contributed by atoms with Crippen LogP contribution in [0.3, 0.4) is 0 Å². The molecule has 0 aliphatic carbocycles. The van der Waals surface area contributed by atoms with E-state index in [1.165, 1.54) is 56.0 Å². The summed E-state index contributed by atoms with van der Waals surface area (Å²) in [6.45, 7) is 3.66. The quantitative estimate of drug-likeness (QED) is 0.817. The van der Waals surface area contributed by atoms with Crippen molar-refractivity contribution in [2.45, 2.75) is 37.8 Å². The van der Waals surface area contributed by atoms with Gasteiger partial charge in [0.2, 0.25) is 0 Å². The molecule has 0 unspecified atom stereocenters. The SMILES string of the molecule is c1ccc([C@H]2CCC[C@H]3[C@@H]4C[C@@H](CN(c5nccs5)C4)CN23)cc1. The minimum atomic E-state index is 0.640. The molecule has 5 rings (SSSR count). The van der Waals surface area contributed by atoms with E-state index in [0.29, 0.717) is 6.04 Å². The molecular weight excluding hydrogens is 314 g/mol. The van der Waals surface area contributed by atoms with Crippen LogP contribution >= 0.6 is 11.3 Å². The van der Waals surface area contributed by atoms with Gasteiger partial charge in [0.05, 0.1) is 0 Å². The summed E-state index contributed by atoms with van der Waals surface area (Å²) in [7, 11) is 0. The smallest absolute Gasteiger partial charge is 0.185 e. The largest absolute Gasteiger partial charge is 0.347 e. The highest BCUT2D eigenvalue weighted by atomic mass is 32.1. The van der Waals surface area contributed by atoms with Crippen LogP contribution in [-0.4, -0.2) is 35.6 Å². The van der Waals surface area contributed by atoms with Gasteiger partial charge in [0.1, 0.15) is 0 Å². The van der Waals surface area contributed by atoms with E-state index in [2.05, 4.69) is 50.5 Å². The van der Waals surface area contributed by atoms with Gasteiger partial charge in [-0.15, -0.1) is 11.3 Å². The van der Waals surface area contributed by atoms with Crippen LogP contribution in [-0.2, 0) is 0 Å². The topological polar surface area (TPSA) is 19.4 Å². The molecule has 4 heteroatoms. The molecule has 2 bridgehead atoms. The second-order valence-electron chi connectivity index (χ2n) is 7.70. The Morgan fingerprint density at radius 1 is 1.04 bits per heavy atom. The number of rotatable bonds is 2. The third-order valence-corrected chi connectivity index (χ3v) is 7.09. The molecule has 4 atom stereocenters. The maximum absolute atomic E-state index is 4.56. The van der Waals surface area contributed by atoms with Crippen molar-refractivity contribution in [2.24, 2.45) is 11.8 Å². The Bertz CT molecular complexity index is 671. The van der Waals surface area contributed by atoms with Crippen molar-refractivity contribution in [3.8, 4) is 0 Å². The molecule has 126 valence electrons. The Morgan fingerprint density at radius 2 is 1.96 bits per heavy atom. The number of hydrogen-bond acceptors (Lipinski definition) is 4. The molecule has 24 heavy (non-hydrogen) atoms. The van der Waals surface area contributed by atoms with Crippen molar-refractivity contribution in [1.29, 1.82) is 0 Å². The van der Waals surface area contributed by atoms with Crippen molar-refractivity contribution in [3.05, 3.63) is 47.5 Å². The van der Waals surface area contributed by atoms with Gasteiger partial charge in [0, 0.05) is 43.3 Å². The van der Waals surface area contributed by atoms with Crippen LogP contribution in [0.15, 0.2) is 41.9 Å². The van der Waals surface area contributed by atoms with Crippen LogP contribution < -0.4 is 4.90 Å². The van der Waals surface area contributed by atoms with Gasteiger partial charge in [0.15, 0.2) is 5.13 Å². The van der Waals surface area contributed by atoms with E-state index < -0.39 is 0 Å². The summed E-state index contributed by atoms with van der Waals surface area (Å²) < 4.78 is 0. The van der Waals surface area contributed by atoms with Crippen molar-refractivity contribution in [2.75, 3.05) is 24.5 Å². The zero-order valence-corrected chi connectivity index (χ0v) is 14.9. The van der Waals surface area contributed by atoms with E-state index in [0.717, 1.165) is 17.9 Å². The number of benzene rings is 1. The maximum atomic E-state index is 4.56. The third kappa shape index (κ3) is 2.56. The first-order valence-electron chi connectivity index (χ1n) is 9.33. The fraction of sp³-hybridized carbons (Fsp3) is 0.550. The van der Waals surface area contributed by atoms with Gasteiger partial charge >= 0.3 is 0 Å². The summed E-state index contributed by atoms with van der Waals surface area (Å²) in [6, 6.07) is 12.6. The lowest BCUT2D eigenvalue weighted by molar-refractivity contribution is -0.0199. The summed E-state index contributed by atoms with van der Waals surface area (Å²) in [6.07, 6.45) is 7.45. The first-order valence-corrected chi connectivity index (χ1v) is 10.2. The predicted molar refractivity (Wildman–Crippen MR) is 99.5 cm³/mol. The molecule has 1 aromatic carbocycles. The molecule has 0 amide bonds. The summed E-state index contributed by atoms with van der Waals surface area (Å²) in [5.41, 5.74) is 1.53. The lowest BCUT2D eigenvalue weighted by Gasteiger charge is -2.55. The van der Waals surface area contributed by atoms with Gasteiger partial charge < -0.3 is 4.90 Å². The zero-order valence-electron chi connectivity index (χ0n) is 14.1. The molecule has 3 nitrogen and oxygen atoms in total. The van der Waals surface area contributed by atoms with Gasteiger partial charge in [-0.05, 0) is 43.1 Å². The van der Waals surface area contributed by atoms with Crippen LogP contribution in [0, 0.1) is 11.8 Å². The number of nitrogens with zero attached hydrogens (tertiary/aromatic N) is 3. The predicted octanol–water partition coefficient (Wildman–Crippen LogP) is 4.20. The second-order valence-corrected chi connectivity index (χ2v) is 8.58. The lowest BCUT2D eigenvalue weighted by Crippen LogP contribution is -2.59. The molecule has 3 saturated heterocycles. The van der Waals surface area contributed by atoms with E-state index in [-0.39, 0.29) is 0 Å². The number of piperidine rings is 3. The number of fused-ring (bicyclic) bond motifs is 4. The Labute approximate surface area is 148 Å².